The Bertz CT molecular complexity index is 243. The molecule has 68 valence electrons. The van der Waals surface area contributed by atoms with E-state index < -0.39 is 19.5 Å². The number of alkyl halides is 5. The monoisotopic (exact) mass is 278 g/mol. The lowest BCUT2D eigenvalue weighted by molar-refractivity contribution is 0.0368. The van der Waals surface area contributed by atoms with Crippen LogP contribution in [-0.4, -0.2) is 17.7 Å². The van der Waals surface area contributed by atoms with Crippen molar-refractivity contribution in [1.82, 2.24) is 0 Å². The van der Waals surface area contributed by atoms with E-state index in [1.54, 1.807) is 0 Å². The van der Waals surface area contributed by atoms with Crippen molar-refractivity contribution in [2.24, 2.45) is 0 Å². The smallest absolute Gasteiger partial charge is 0.197 e. The van der Waals surface area contributed by atoms with Gasteiger partial charge in [0.15, 0.2) is 0 Å². The van der Waals surface area contributed by atoms with Gasteiger partial charge in [0.05, 0.1) is 0 Å². The largest absolute Gasteiger partial charge is 0.385 e. The predicted octanol–water partition coefficient (Wildman–Crippen LogP) is 2.14. The molecule has 0 N–H and O–H groups in total. The normalized spacial score (nSPS) is 19.5. The summed E-state index contributed by atoms with van der Waals surface area (Å²) in [7, 11) is -6.16. The van der Waals surface area contributed by atoms with Crippen LogP contribution in [0.5, 0.6) is 0 Å². The van der Waals surface area contributed by atoms with Gasteiger partial charge in [0.1, 0.15) is 0 Å². The molecule has 9 heteroatoms. The van der Waals surface area contributed by atoms with E-state index in [0.29, 0.717) is 0 Å². The van der Waals surface area contributed by atoms with E-state index in [2.05, 4.69) is 11.6 Å². The molecule has 1 unspecified atom stereocenters. The Morgan fingerprint density at radius 2 is 1.55 bits per heavy atom. The molecule has 1 atom stereocenters. The lowest BCUT2D eigenvalue weighted by Crippen LogP contribution is -2.39. The minimum absolute atomic E-state index is 1.28. The molecule has 0 amide bonds. The molecule has 0 rings (SSSR count). The molecule has 0 aliphatic carbocycles. The zero-order chi connectivity index (χ0) is 9.50. The van der Waals surface area contributed by atoms with E-state index in [4.69, 9.17) is 0 Å². The van der Waals surface area contributed by atoms with Crippen molar-refractivity contribution in [1.29, 1.82) is 0 Å². The van der Waals surface area contributed by atoms with Crippen molar-refractivity contribution >= 4 is 37.8 Å². The van der Waals surface area contributed by atoms with Crippen LogP contribution in [0.1, 0.15) is 0 Å². The minimum Gasteiger partial charge on any atom is -0.197 e. The van der Waals surface area contributed by atoms with Gasteiger partial charge < -0.3 is 0 Å². The SMILES string of the molecule is O=S(=O)(F)C(F)(Cl)C(F)(F)Br. The Morgan fingerprint density at radius 3 is 1.55 bits per heavy atom. The third-order valence-corrected chi connectivity index (χ3v) is 3.33. The Morgan fingerprint density at radius 1 is 1.27 bits per heavy atom. The van der Waals surface area contributed by atoms with Gasteiger partial charge in [0.2, 0.25) is 0 Å². The maximum absolute atomic E-state index is 12.1. The van der Waals surface area contributed by atoms with Crippen LogP contribution in [0, 0.1) is 0 Å². The predicted molar refractivity (Wildman–Crippen MR) is 33.6 cm³/mol. The molecule has 0 aliphatic rings. The molecule has 0 aromatic heterocycles. The van der Waals surface area contributed by atoms with Gasteiger partial charge in [-0.3, -0.25) is 0 Å². The highest BCUT2D eigenvalue weighted by atomic mass is 79.9. The van der Waals surface area contributed by atoms with E-state index in [9.17, 15) is 25.5 Å². The summed E-state index contributed by atoms with van der Waals surface area (Å²) < 4.78 is 61.8. The average molecular weight is 279 g/mol. The first kappa shape index (κ1) is 11.4. The van der Waals surface area contributed by atoms with Gasteiger partial charge in [-0.15, -0.1) is 3.89 Å². The van der Waals surface area contributed by atoms with E-state index in [1.807, 2.05) is 0 Å². The van der Waals surface area contributed by atoms with Crippen LogP contribution in [0.15, 0.2) is 0 Å². The van der Waals surface area contributed by atoms with Crippen LogP contribution in [0.2, 0.25) is 0 Å². The molecule has 0 radical (unpaired) electrons. The van der Waals surface area contributed by atoms with Gasteiger partial charge in [-0.25, -0.2) is 0 Å². The van der Waals surface area contributed by atoms with Gasteiger partial charge in [-0.05, 0) is 15.9 Å². The van der Waals surface area contributed by atoms with Crippen LogP contribution in [0.4, 0.5) is 17.1 Å². The molecule has 0 aromatic rings. The Balaban J connectivity index is 5.08. The summed E-state index contributed by atoms with van der Waals surface area (Å²) in [6.45, 7) is 0. The van der Waals surface area contributed by atoms with Crippen molar-refractivity contribution in [3.05, 3.63) is 0 Å². The molecule has 0 aliphatic heterocycles. The van der Waals surface area contributed by atoms with Crippen LogP contribution in [-0.2, 0) is 10.2 Å². The number of rotatable bonds is 2. The number of hydrogen-bond acceptors (Lipinski definition) is 2. The highest BCUT2D eigenvalue weighted by Gasteiger charge is 2.63. The maximum Gasteiger partial charge on any atom is 0.385 e. The second-order valence-electron chi connectivity index (χ2n) is 1.45. The van der Waals surface area contributed by atoms with Crippen molar-refractivity contribution in [3.63, 3.8) is 0 Å². The maximum atomic E-state index is 12.1. The molecular weight excluding hydrogens is 279 g/mol. The van der Waals surface area contributed by atoms with E-state index in [-0.39, 0.29) is 0 Å². The van der Waals surface area contributed by atoms with Crippen molar-refractivity contribution < 1.29 is 25.5 Å². The molecule has 11 heavy (non-hydrogen) atoms. The second kappa shape index (κ2) is 2.74. The van der Waals surface area contributed by atoms with Gasteiger partial charge in [-0.2, -0.15) is 21.6 Å². The van der Waals surface area contributed by atoms with Crippen LogP contribution in [0.25, 0.3) is 0 Å². The first-order valence-electron chi connectivity index (χ1n) is 1.89. The molecule has 0 saturated heterocycles. The third-order valence-electron chi connectivity index (χ3n) is 0.636. The van der Waals surface area contributed by atoms with Crippen molar-refractivity contribution in [2.45, 2.75) is 9.29 Å². The van der Waals surface area contributed by atoms with Crippen LogP contribution >= 0.6 is 27.5 Å². The number of halogens is 6. The molecular formula is C2BrClF4O2S. The summed E-state index contributed by atoms with van der Waals surface area (Å²) in [5.74, 6) is 0. The summed E-state index contributed by atoms with van der Waals surface area (Å²) in [6, 6.07) is 0. The van der Waals surface area contributed by atoms with Gasteiger partial charge >= 0.3 is 19.5 Å². The fourth-order valence-electron chi connectivity index (χ4n) is 0.138. The Labute approximate surface area is 72.9 Å². The summed E-state index contributed by atoms with van der Waals surface area (Å²) in [5.41, 5.74) is 0. The molecule has 0 saturated carbocycles. The third kappa shape index (κ3) is 2.19. The molecule has 0 aromatic carbocycles. The standard InChI is InChI=1S/C2BrClF4O2S/c3-1(5,6)2(4,7)11(8,9)10. The Hall–Kier alpha value is 0.440. The highest BCUT2D eigenvalue weighted by Crippen LogP contribution is 2.45. The van der Waals surface area contributed by atoms with Crippen LogP contribution in [0.3, 0.4) is 0 Å². The molecule has 0 spiro atoms. The summed E-state index contributed by atoms with van der Waals surface area (Å²) in [5, 5.41) is 0. The van der Waals surface area contributed by atoms with Crippen molar-refractivity contribution in [2.75, 3.05) is 0 Å². The first-order valence-corrected chi connectivity index (χ1v) is 4.44. The highest BCUT2D eigenvalue weighted by molar-refractivity contribution is 9.10. The fourth-order valence-corrected chi connectivity index (χ4v) is 0.995. The quantitative estimate of drug-likeness (QED) is 0.441. The molecule has 0 bridgehead atoms. The zero-order valence-corrected chi connectivity index (χ0v) is 7.65. The lowest BCUT2D eigenvalue weighted by atomic mass is 10.8. The van der Waals surface area contributed by atoms with Gasteiger partial charge in [-0.1, -0.05) is 11.6 Å². The average Bonchev–Trinajstić information content (AvgIpc) is 1.58. The summed E-state index contributed by atoms with van der Waals surface area (Å²) in [4.78, 5) is -4.67. The van der Waals surface area contributed by atoms with Crippen molar-refractivity contribution in [3.8, 4) is 0 Å². The lowest BCUT2D eigenvalue weighted by Gasteiger charge is -2.17. The van der Waals surface area contributed by atoms with E-state index in [1.165, 1.54) is 15.9 Å². The van der Waals surface area contributed by atoms with E-state index in [0.717, 1.165) is 0 Å². The second-order valence-corrected chi connectivity index (χ2v) is 4.63. The summed E-state index contributed by atoms with van der Waals surface area (Å²) in [6.07, 6.45) is 0. The molecule has 2 nitrogen and oxygen atoms in total. The Kier molecular flexibility index (Phi) is 2.85. The van der Waals surface area contributed by atoms with Gasteiger partial charge in [0.25, 0.3) is 0 Å². The molecule has 0 fully saturated rings. The van der Waals surface area contributed by atoms with Gasteiger partial charge in [0, 0.05) is 0 Å². The van der Waals surface area contributed by atoms with Crippen LogP contribution < -0.4 is 0 Å². The summed E-state index contributed by atoms with van der Waals surface area (Å²) >= 11 is 5.34. The first-order chi connectivity index (χ1) is 4.50. The topological polar surface area (TPSA) is 34.1 Å². The number of hydrogen-bond donors (Lipinski definition) is 0. The fraction of sp³-hybridized carbons (Fsp3) is 1.00. The molecule has 0 heterocycles. The van der Waals surface area contributed by atoms with E-state index >= 15 is 0 Å². The minimum atomic E-state index is -6.16. The zero-order valence-electron chi connectivity index (χ0n) is 4.49.